The summed E-state index contributed by atoms with van der Waals surface area (Å²) in [5.74, 6) is 2.52. The lowest BCUT2D eigenvalue weighted by molar-refractivity contribution is -0.143. The first-order valence-electron chi connectivity index (χ1n) is 5.50. The van der Waals surface area contributed by atoms with Crippen LogP contribution in [0.4, 0.5) is 0 Å². The fourth-order valence-electron chi connectivity index (χ4n) is 4.36. The molecule has 3 saturated carbocycles. The normalized spacial score (nSPS) is 52.5. The average molecular weight is 180 g/mol. The van der Waals surface area contributed by atoms with Crippen molar-refractivity contribution in [2.75, 3.05) is 0 Å². The summed E-state index contributed by atoms with van der Waals surface area (Å²) in [6, 6.07) is 0. The van der Waals surface area contributed by atoms with Crippen LogP contribution in [-0.4, -0.2) is 11.1 Å². The highest BCUT2D eigenvalue weighted by molar-refractivity contribution is 5.71. The summed E-state index contributed by atoms with van der Waals surface area (Å²) in [6.07, 6.45) is 6.20. The third kappa shape index (κ3) is 0.918. The Kier molecular flexibility index (Phi) is 1.50. The van der Waals surface area contributed by atoms with Crippen molar-refractivity contribution in [1.82, 2.24) is 0 Å². The predicted molar refractivity (Wildman–Crippen MR) is 48.2 cm³/mol. The molecule has 0 aromatic rings. The van der Waals surface area contributed by atoms with Crippen molar-refractivity contribution >= 4 is 5.97 Å². The first kappa shape index (κ1) is 7.84. The van der Waals surface area contributed by atoms with Crippen LogP contribution < -0.4 is 0 Å². The number of aliphatic carboxylic acids is 1. The van der Waals surface area contributed by atoms with E-state index in [0.29, 0.717) is 5.92 Å². The van der Waals surface area contributed by atoms with Gasteiger partial charge in [0.05, 0.1) is 5.92 Å². The van der Waals surface area contributed by atoms with Crippen LogP contribution in [0.2, 0.25) is 0 Å². The minimum absolute atomic E-state index is 0.0142. The van der Waals surface area contributed by atoms with E-state index in [1.165, 1.54) is 25.7 Å². The van der Waals surface area contributed by atoms with E-state index in [1.807, 2.05) is 0 Å². The zero-order chi connectivity index (χ0) is 9.00. The predicted octanol–water partition coefficient (Wildman–Crippen LogP) is 2.14. The largest absolute Gasteiger partial charge is 0.481 e. The zero-order valence-corrected chi connectivity index (χ0v) is 7.78. The van der Waals surface area contributed by atoms with Crippen molar-refractivity contribution in [3.8, 4) is 0 Å². The maximum Gasteiger partial charge on any atom is 0.306 e. The molecule has 2 heteroatoms. The van der Waals surface area contributed by atoms with E-state index in [1.54, 1.807) is 0 Å². The van der Waals surface area contributed by atoms with Gasteiger partial charge in [-0.2, -0.15) is 0 Å². The summed E-state index contributed by atoms with van der Waals surface area (Å²) < 4.78 is 0. The van der Waals surface area contributed by atoms with E-state index < -0.39 is 5.97 Å². The van der Waals surface area contributed by atoms with Gasteiger partial charge in [0.15, 0.2) is 0 Å². The Hall–Kier alpha value is -0.530. The van der Waals surface area contributed by atoms with Gasteiger partial charge in [0.2, 0.25) is 0 Å². The molecule has 5 atom stereocenters. The molecule has 0 aromatic carbocycles. The molecule has 3 rings (SSSR count). The fraction of sp³-hybridized carbons (Fsp3) is 0.909. The van der Waals surface area contributed by atoms with Crippen molar-refractivity contribution in [2.45, 2.75) is 32.1 Å². The Bertz CT molecular complexity index is 248. The summed E-state index contributed by atoms with van der Waals surface area (Å²) in [5.41, 5.74) is 0. The Labute approximate surface area is 78.3 Å². The quantitative estimate of drug-likeness (QED) is 0.671. The fourth-order valence-corrected chi connectivity index (χ4v) is 4.36. The van der Waals surface area contributed by atoms with E-state index in [0.717, 1.165) is 24.2 Å². The van der Waals surface area contributed by atoms with E-state index in [4.69, 9.17) is 5.11 Å². The SMILES string of the molecule is O=C(O)[C@@H]1CC[C@@H]2[C@H]3CC[C@@H](C3)[C@H]21. The molecule has 0 unspecified atom stereocenters. The second-order valence-corrected chi connectivity index (χ2v) is 5.10. The number of carbonyl (C=O) groups is 1. The van der Waals surface area contributed by atoms with Crippen LogP contribution in [0.15, 0.2) is 0 Å². The van der Waals surface area contributed by atoms with Gasteiger partial charge >= 0.3 is 5.97 Å². The second-order valence-electron chi connectivity index (χ2n) is 5.10. The summed E-state index contributed by atoms with van der Waals surface area (Å²) in [7, 11) is 0. The van der Waals surface area contributed by atoms with Gasteiger partial charge in [0.25, 0.3) is 0 Å². The number of rotatable bonds is 1. The van der Waals surface area contributed by atoms with Gasteiger partial charge < -0.3 is 5.11 Å². The molecule has 0 radical (unpaired) electrons. The Morgan fingerprint density at radius 3 is 2.62 bits per heavy atom. The van der Waals surface area contributed by atoms with Crippen LogP contribution in [0.5, 0.6) is 0 Å². The molecular weight excluding hydrogens is 164 g/mol. The molecule has 3 aliphatic carbocycles. The maximum atomic E-state index is 11.0. The molecule has 2 bridgehead atoms. The number of hydrogen-bond acceptors (Lipinski definition) is 1. The van der Waals surface area contributed by atoms with Crippen molar-refractivity contribution < 1.29 is 9.90 Å². The van der Waals surface area contributed by atoms with E-state index in [-0.39, 0.29) is 5.92 Å². The van der Waals surface area contributed by atoms with E-state index in [9.17, 15) is 4.79 Å². The first-order chi connectivity index (χ1) is 6.27. The lowest BCUT2D eigenvalue weighted by atomic mass is 9.78. The summed E-state index contributed by atoms with van der Waals surface area (Å²) >= 11 is 0. The van der Waals surface area contributed by atoms with Crippen molar-refractivity contribution in [3.63, 3.8) is 0 Å². The van der Waals surface area contributed by atoms with Crippen molar-refractivity contribution in [2.24, 2.45) is 29.6 Å². The molecule has 1 N–H and O–H groups in total. The van der Waals surface area contributed by atoms with Crippen LogP contribution in [0.1, 0.15) is 32.1 Å². The molecule has 3 aliphatic rings. The van der Waals surface area contributed by atoms with Crippen LogP contribution in [0, 0.1) is 29.6 Å². The zero-order valence-electron chi connectivity index (χ0n) is 7.78. The van der Waals surface area contributed by atoms with Crippen LogP contribution in [-0.2, 0) is 4.79 Å². The standard InChI is InChI=1S/C11H16O2/c12-11(13)9-4-3-8-6-1-2-7(5-6)10(8)9/h6-10H,1-5H2,(H,12,13)/t6-,7-,8+,9+,10+/m0/s1. The third-order valence-electron chi connectivity index (χ3n) is 4.75. The summed E-state index contributed by atoms with van der Waals surface area (Å²) in [5, 5.41) is 9.09. The minimum Gasteiger partial charge on any atom is -0.481 e. The van der Waals surface area contributed by atoms with Gasteiger partial charge in [-0.3, -0.25) is 4.79 Å². The molecule has 3 fully saturated rings. The Morgan fingerprint density at radius 1 is 1.08 bits per heavy atom. The Balaban J connectivity index is 1.87. The highest BCUT2D eigenvalue weighted by Gasteiger charge is 2.55. The smallest absolute Gasteiger partial charge is 0.306 e. The van der Waals surface area contributed by atoms with Crippen molar-refractivity contribution in [1.29, 1.82) is 0 Å². The van der Waals surface area contributed by atoms with Crippen molar-refractivity contribution in [3.05, 3.63) is 0 Å². The topological polar surface area (TPSA) is 37.3 Å². The number of fused-ring (bicyclic) bond motifs is 5. The molecule has 2 nitrogen and oxygen atoms in total. The summed E-state index contributed by atoms with van der Waals surface area (Å²) in [4.78, 5) is 11.0. The minimum atomic E-state index is -0.528. The number of carboxylic acids is 1. The average Bonchev–Trinajstić information content (AvgIpc) is 2.76. The lowest BCUT2D eigenvalue weighted by Gasteiger charge is -2.26. The van der Waals surface area contributed by atoms with Gasteiger partial charge in [0.1, 0.15) is 0 Å². The summed E-state index contributed by atoms with van der Waals surface area (Å²) in [6.45, 7) is 0. The third-order valence-corrected chi connectivity index (χ3v) is 4.75. The van der Waals surface area contributed by atoms with E-state index in [2.05, 4.69) is 0 Å². The molecule has 0 heterocycles. The maximum absolute atomic E-state index is 11.0. The van der Waals surface area contributed by atoms with Crippen LogP contribution >= 0.6 is 0 Å². The molecular formula is C11H16O2. The molecule has 13 heavy (non-hydrogen) atoms. The van der Waals surface area contributed by atoms with Gasteiger partial charge in [-0.1, -0.05) is 0 Å². The molecule has 0 saturated heterocycles. The molecule has 0 amide bonds. The molecule has 0 spiro atoms. The highest BCUT2D eigenvalue weighted by Crippen LogP contribution is 2.60. The van der Waals surface area contributed by atoms with Gasteiger partial charge in [-0.05, 0) is 55.8 Å². The van der Waals surface area contributed by atoms with Gasteiger partial charge in [-0.25, -0.2) is 0 Å². The highest BCUT2D eigenvalue weighted by atomic mass is 16.4. The second kappa shape index (κ2) is 2.49. The monoisotopic (exact) mass is 180 g/mol. The molecule has 72 valence electrons. The number of carboxylic acid groups (broad SMARTS) is 1. The Morgan fingerprint density at radius 2 is 1.85 bits per heavy atom. The molecule has 0 aromatic heterocycles. The van der Waals surface area contributed by atoms with Crippen LogP contribution in [0.25, 0.3) is 0 Å². The van der Waals surface area contributed by atoms with Crippen LogP contribution in [0.3, 0.4) is 0 Å². The first-order valence-corrected chi connectivity index (χ1v) is 5.50. The number of hydrogen-bond donors (Lipinski definition) is 1. The lowest BCUT2D eigenvalue weighted by Crippen LogP contribution is -2.26. The van der Waals surface area contributed by atoms with Gasteiger partial charge in [-0.15, -0.1) is 0 Å². The van der Waals surface area contributed by atoms with E-state index >= 15 is 0 Å². The molecule has 0 aliphatic heterocycles. The van der Waals surface area contributed by atoms with Gasteiger partial charge in [0, 0.05) is 0 Å².